The smallest absolute Gasteiger partial charge is 0.301 e. The molecule has 9 rings (SSSR count). The van der Waals surface area contributed by atoms with Crippen LogP contribution in [0.15, 0.2) is 139 Å². The van der Waals surface area contributed by atoms with Crippen molar-refractivity contribution < 1.29 is 38.9 Å². The maximum atomic E-state index is 15.4. The van der Waals surface area contributed by atoms with Gasteiger partial charge in [-0.05, 0) is 47.6 Å². The summed E-state index contributed by atoms with van der Waals surface area (Å²) in [6.07, 6.45) is 3.17. The number of allylic oxidation sites excluding steroid dienone is 4. The molecule has 316 valence electrons. The summed E-state index contributed by atoms with van der Waals surface area (Å²) in [7, 11) is 2.83. The summed E-state index contributed by atoms with van der Waals surface area (Å²) in [5, 5.41) is 36.7. The minimum Gasteiger partial charge on any atom is -0.508 e. The fourth-order valence-electron chi connectivity index (χ4n) is 10.5. The van der Waals surface area contributed by atoms with Gasteiger partial charge in [0.2, 0.25) is 11.8 Å². The number of phenols is 1. The number of hydrogen-bond acceptors (Lipinski definition) is 11. The lowest BCUT2D eigenvalue weighted by Crippen LogP contribution is -2.58. The van der Waals surface area contributed by atoms with Gasteiger partial charge in [-0.25, -0.2) is 4.90 Å². The first-order chi connectivity index (χ1) is 30.3. The highest BCUT2D eigenvalue weighted by molar-refractivity contribution is 6.32. The van der Waals surface area contributed by atoms with E-state index in [0.29, 0.717) is 28.0 Å². The standard InChI is InChI=1S/C49H40N4O10/c1-50(2)45-39(52(59)60)22-31(23-40(45)53(61)62)51-47(57)35-21-20-33-37(43(35)48(51)58)25-38-46(56)36(29-14-8-4-9-15-29)26-42(55)49(38,30-16-10-5-11-17-30)44(33)34-19-18-32(24-41(34)54)63-27-28-12-6-3-7-13-28/h3-20,22-24,26,35,37-38,43-44,54H,21,25,27H2,1-2H3. The van der Waals surface area contributed by atoms with E-state index < -0.39 is 68.0 Å². The van der Waals surface area contributed by atoms with Crippen molar-refractivity contribution in [3.63, 3.8) is 0 Å². The summed E-state index contributed by atoms with van der Waals surface area (Å²) >= 11 is 0. The van der Waals surface area contributed by atoms with Crippen molar-refractivity contribution in [1.82, 2.24) is 0 Å². The Bertz CT molecular complexity index is 2770. The molecule has 5 aromatic rings. The third-order valence-electron chi connectivity index (χ3n) is 13.1. The monoisotopic (exact) mass is 844 g/mol. The molecule has 0 radical (unpaired) electrons. The lowest BCUT2D eigenvalue weighted by molar-refractivity contribution is -0.392. The Labute approximate surface area is 361 Å². The molecule has 4 aliphatic rings. The zero-order valence-corrected chi connectivity index (χ0v) is 34.1. The lowest BCUT2D eigenvalue weighted by atomic mass is 9.44. The highest BCUT2D eigenvalue weighted by Gasteiger charge is 2.66. The maximum Gasteiger partial charge on any atom is 0.301 e. The molecule has 6 atom stereocenters. The van der Waals surface area contributed by atoms with Crippen LogP contribution in [0.25, 0.3) is 5.57 Å². The lowest BCUT2D eigenvalue weighted by Gasteiger charge is -2.55. The van der Waals surface area contributed by atoms with Crippen LogP contribution in [0.2, 0.25) is 0 Å². The van der Waals surface area contributed by atoms with E-state index in [4.69, 9.17) is 4.74 Å². The Kier molecular flexibility index (Phi) is 10.1. The van der Waals surface area contributed by atoms with E-state index >= 15 is 9.59 Å². The molecule has 0 bridgehead atoms. The molecule has 0 spiro atoms. The van der Waals surface area contributed by atoms with Crippen molar-refractivity contribution >= 4 is 51.7 Å². The Hall–Kier alpha value is -7.74. The van der Waals surface area contributed by atoms with Crippen LogP contribution in [0, 0.1) is 43.9 Å². The Morgan fingerprint density at radius 3 is 2.02 bits per heavy atom. The number of nitro groups is 2. The number of ketones is 2. The van der Waals surface area contributed by atoms with Crippen LogP contribution in [-0.2, 0) is 31.2 Å². The first-order valence-corrected chi connectivity index (χ1v) is 20.5. The maximum absolute atomic E-state index is 15.4. The highest BCUT2D eigenvalue weighted by atomic mass is 16.6. The number of anilines is 2. The van der Waals surface area contributed by atoms with Gasteiger partial charge in [0.05, 0.1) is 32.8 Å². The first-order valence-electron chi connectivity index (χ1n) is 20.5. The van der Waals surface area contributed by atoms with Gasteiger partial charge in [0.1, 0.15) is 18.1 Å². The summed E-state index contributed by atoms with van der Waals surface area (Å²) in [5.41, 5.74) is -0.537. The molecular formula is C49H40N4O10. The van der Waals surface area contributed by atoms with Crippen LogP contribution in [0.1, 0.15) is 41.0 Å². The molecule has 1 N–H and O–H groups in total. The average Bonchev–Trinajstić information content (AvgIpc) is 3.55. The van der Waals surface area contributed by atoms with Gasteiger partial charge < -0.3 is 14.7 Å². The number of benzene rings is 5. The number of carbonyl (C=O) groups excluding carboxylic acids is 4. The van der Waals surface area contributed by atoms with Crippen molar-refractivity contribution in [2.45, 2.75) is 30.8 Å². The van der Waals surface area contributed by atoms with Crippen molar-refractivity contribution in [3.05, 3.63) is 182 Å². The van der Waals surface area contributed by atoms with E-state index in [9.17, 15) is 34.9 Å². The summed E-state index contributed by atoms with van der Waals surface area (Å²) in [5.74, 6) is -7.12. The number of fused-ring (bicyclic) bond motifs is 4. The molecule has 14 heteroatoms. The summed E-state index contributed by atoms with van der Waals surface area (Å²) in [6.45, 7) is 0.215. The molecule has 1 heterocycles. The molecule has 3 aliphatic carbocycles. The summed E-state index contributed by atoms with van der Waals surface area (Å²) < 4.78 is 6.06. The molecule has 1 saturated heterocycles. The normalized spacial score (nSPS) is 23.8. The largest absolute Gasteiger partial charge is 0.508 e. The van der Waals surface area contributed by atoms with E-state index in [1.807, 2.05) is 36.4 Å². The third kappa shape index (κ3) is 6.48. The van der Waals surface area contributed by atoms with Gasteiger partial charge in [0.25, 0.3) is 0 Å². The van der Waals surface area contributed by atoms with Crippen LogP contribution in [0.4, 0.5) is 22.7 Å². The summed E-state index contributed by atoms with van der Waals surface area (Å²) in [6, 6.07) is 34.0. The predicted octanol–water partition coefficient (Wildman–Crippen LogP) is 7.88. The van der Waals surface area contributed by atoms with Gasteiger partial charge in [-0.3, -0.25) is 39.4 Å². The fraction of sp³-hybridized carbons (Fsp3) is 0.224. The minimum absolute atomic E-state index is 0.00977. The topological polar surface area (TPSA) is 190 Å². The zero-order valence-electron chi connectivity index (χ0n) is 34.1. The van der Waals surface area contributed by atoms with Crippen LogP contribution >= 0.6 is 0 Å². The molecule has 2 fully saturated rings. The molecule has 6 unspecified atom stereocenters. The number of phenolic OH excluding ortho intramolecular Hbond substituents is 1. The van der Waals surface area contributed by atoms with Crippen molar-refractivity contribution in [2.75, 3.05) is 23.9 Å². The summed E-state index contributed by atoms with van der Waals surface area (Å²) in [4.78, 5) is 85.2. The van der Waals surface area contributed by atoms with Crippen LogP contribution < -0.4 is 14.5 Å². The van der Waals surface area contributed by atoms with Crippen LogP contribution in [0.3, 0.4) is 0 Å². The second-order valence-electron chi connectivity index (χ2n) is 16.5. The molecule has 14 nitrogen and oxygen atoms in total. The SMILES string of the molecule is CN(C)c1c([N+](=O)[O-])cc(N2C(=O)C3CC=C4C(CC5C(=O)C(c6ccccc6)=CC(=O)C5(c5ccccc5)C4c4ccc(OCc5ccccc5)cc4O)C3C2=O)cc1[N+](=O)[O-]. The number of imide groups is 1. The van der Waals surface area contributed by atoms with Crippen molar-refractivity contribution in [1.29, 1.82) is 0 Å². The highest BCUT2D eigenvalue weighted by Crippen LogP contribution is 2.65. The first kappa shape index (κ1) is 40.7. The van der Waals surface area contributed by atoms with E-state index in [1.54, 1.807) is 72.8 Å². The third-order valence-corrected chi connectivity index (χ3v) is 13.1. The van der Waals surface area contributed by atoms with E-state index in [0.717, 1.165) is 22.6 Å². The van der Waals surface area contributed by atoms with E-state index in [-0.39, 0.29) is 53.7 Å². The molecular weight excluding hydrogens is 805 g/mol. The number of amides is 2. The van der Waals surface area contributed by atoms with Gasteiger partial charge in [0, 0.05) is 55.3 Å². The number of carbonyl (C=O) groups is 4. The van der Waals surface area contributed by atoms with Crippen LogP contribution in [-0.4, -0.2) is 52.4 Å². The number of ether oxygens (including phenoxy) is 1. The number of aromatic hydroxyl groups is 1. The number of hydrogen-bond donors (Lipinski definition) is 1. The van der Waals surface area contributed by atoms with E-state index in [1.165, 1.54) is 31.1 Å². The second-order valence-corrected chi connectivity index (χ2v) is 16.5. The molecule has 1 aliphatic heterocycles. The van der Waals surface area contributed by atoms with Gasteiger partial charge in [-0.2, -0.15) is 0 Å². The quantitative estimate of drug-likeness (QED) is 0.0623. The van der Waals surface area contributed by atoms with E-state index in [2.05, 4.69) is 0 Å². The minimum atomic E-state index is -1.62. The molecule has 5 aromatic carbocycles. The number of rotatable bonds is 10. The van der Waals surface area contributed by atoms with Crippen molar-refractivity contribution in [2.24, 2.45) is 23.7 Å². The van der Waals surface area contributed by atoms with Gasteiger partial charge in [-0.1, -0.05) is 109 Å². The fourth-order valence-corrected chi connectivity index (χ4v) is 10.5. The predicted molar refractivity (Wildman–Crippen MR) is 232 cm³/mol. The molecule has 0 aromatic heterocycles. The Morgan fingerprint density at radius 1 is 0.794 bits per heavy atom. The number of nitrogens with zero attached hydrogens (tertiary/aromatic N) is 4. The molecule has 2 amide bonds. The van der Waals surface area contributed by atoms with Crippen LogP contribution in [0.5, 0.6) is 11.5 Å². The average molecular weight is 845 g/mol. The molecule has 1 saturated carbocycles. The zero-order chi connectivity index (χ0) is 44.3. The number of Topliss-reactive ketones (excluding diaryl/α,β-unsaturated/α-hetero) is 1. The van der Waals surface area contributed by atoms with Gasteiger partial charge >= 0.3 is 11.4 Å². The van der Waals surface area contributed by atoms with Gasteiger partial charge in [0.15, 0.2) is 17.3 Å². The van der Waals surface area contributed by atoms with Gasteiger partial charge in [-0.15, -0.1) is 0 Å². The molecule has 63 heavy (non-hydrogen) atoms. The Morgan fingerprint density at radius 2 is 1.41 bits per heavy atom. The van der Waals surface area contributed by atoms with Crippen molar-refractivity contribution in [3.8, 4) is 11.5 Å². The second kappa shape index (κ2) is 15.6. The number of nitro benzene ring substituents is 2. The Balaban J connectivity index is 1.22.